The SMILES string of the molecule is CC(Br)c1csc(-c2ccc(OC(F)(F)F)cc2)n1. The van der Waals surface area contributed by atoms with Gasteiger partial charge in [-0.15, -0.1) is 24.5 Å². The van der Waals surface area contributed by atoms with Crippen LogP contribution in [-0.2, 0) is 0 Å². The summed E-state index contributed by atoms with van der Waals surface area (Å²) in [5.74, 6) is -0.234. The third kappa shape index (κ3) is 3.94. The summed E-state index contributed by atoms with van der Waals surface area (Å²) in [5, 5.41) is 2.68. The van der Waals surface area contributed by atoms with Gasteiger partial charge in [0.15, 0.2) is 0 Å². The Morgan fingerprint density at radius 1 is 1.26 bits per heavy atom. The van der Waals surface area contributed by atoms with Crippen molar-refractivity contribution in [2.45, 2.75) is 18.1 Å². The normalized spacial score (nSPS) is 13.3. The topological polar surface area (TPSA) is 22.1 Å². The van der Waals surface area contributed by atoms with Gasteiger partial charge < -0.3 is 4.74 Å². The zero-order chi connectivity index (χ0) is 14.0. The molecule has 2 aromatic rings. The number of halogens is 4. The summed E-state index contributed by atoms with van der Waals surface area (Å²) in [5.41, 5.74) is 1.66. The molecule has 1 aromatic carbocycles. The summed E-state index contributed by atoms with van der Waals surface area (Å²) in [6, 6.07) is 5.67. The molecule has 102 valence electrons. The second-order valence-electron chi connectivity index (χ2n) is 3.77. The number of hydrogen-bond acceptors (Lipinski definition) is 3. The Kier molecular flexibility index (Phi) is 4.15. The van der Waals surface area contributed by atoms with Crippen LogP contribution in [0.5, 0.6) is 5.75 Å². The second-order valence-corrected chi connectivity index (χ2v) is 6.00. The molecule has 0 amide bonds. The lowest BCUT2D eigenvalue weighted by molar-refractivity contribution is -0.274. The van der Waals surface area contributed by atoms with Gasteiger partial charge in [-0.3, -0.25) is 0 Å². The average molecular weight is 352 g/mol. The number of aromatic nitrogens is 1. The van der Waals surface area contributed by atoms with Crippen LogP contribution in [0.2, 0.25) is 0 Å². The van der Waals surface area contributed by atoms with E-state index in [-0.39, 0.29) is 10.6 Å². The minimum atomic E-state index is -4.67. The van der Waals surface area contributed by atoms with Crippen molar-refractivity contribution in [3.05, 3.63) is 35.3 Å². The average Bonchev–Trinajstić information content (AvgIpc) is 2.77. The lowest BCUT2D eigenvalue weighted by Crippen LogP contribution is -2.16. The van der Waals surface area contributed by atoms with Crippen LogP contribution in [0.4, 0.5) is 13.2 Å². The summed E-state index contributed by atoms with van der Waals surface area (Å²) in [4.78, 5) is 4.54. The molecule has 0 radical (unpaired) electrons. The number of thiazole rings is 1. The van der Waals surface area contributed by atoms with Crippen molar-refractivity contribution >= 4 is 27.3 Å². The van der Waals surface area contributed by atoms with E-state index in [4.69, 9.17) is 0 Å². The summed E-state index contributed by atoms with van der Waals surface area (Å²) < 4.78 is 39.9. The maximum Gasteiger partial charge on any atom is 0.573 e. The largest absolute Gasteiger partial charge is 0.573 e. The van der Waals surface area contributed by atoms with Gasteiger partial charge in [0, 0.05) is 10.9 Å². The molecule has 0 saturated heterocycles. The highest BCUT2D eigenvalue weighted by molar-refractivity contribution is 9.09. The van der Waals surface area contributed by atoms with Gasteiger partial charge in [0.25, 0.3) is 0 Å². The molecule has 0 aliphatic rings. The van der Waals surface area contributed by atoms with Crippen molar-refractivity contribution in [1.29, 1.82) is 0 Å². The van der Waals surface area contributed by atoms with E-state index >= 15 is 0 Å². The highest BCUT2D eigenvalue weighted by Crippen LogP contribution is 2.31. The van der Waals surface area contributed by atoms with Crippen LogP contribution in [0, 0.1) is 0 Å². The Labute approximate surface area is 120 Å². The Morgan fingerprint density at radius 3 is 2.37 bits per heavy atom. The Balaban J connectivity index is 2.17. The zero-order valence-electron chi connectivity index (χ0n) is 9.74. The molecule has 1 aromatic heterocycles. The molecule has 0 spiro atoms. The molecule has 0 bridgehead atoms. The first-order valence-corrected chi connectivity index (χ1v) is 7.10. The van der Waals surface area contributed by atoms with Crippen LogP contribution in [0.25, 0.3) is 10.6 Å². The third-order valence-electron chi connectivity index (χ3n) is 2.26. The molecule has 1 heterocycles. The molecular weight excluding hydrogens is 343 g/mol. The lowest BCUT2D eigenvalue weighted by Gasteiger charge is -2.08. The molecule has 19 heavy (non-hydrogen) atoms. The van der Waals surface area contributed by atoms with Gasteiger partial charge in [-0.05, 0) is 31.2 Å². The van der Waals surface area contributed by atoms with Gasteiger partial charge in [0.1, 0.15) is 10.8 Å². The van der Waals surface area contributed by atoms with E-state index in [1.54, 1.807) is 12.1 Å². The van der Waals surface area contributed by atoms with Crippen molar-refractivity contribution < 1.29 is 17.9 Å². The molecule has 0 fully saturated rings. The van der Waals surface area contributed by atoms with Gasteiger partial charge in [0.2, 0.25) is 0 Å². The molecule has 1 atom stereocenters. The molecule has 2 nitrogen and oxygen atoms in total. The highest BCUT2D eigenvalue weighted by atomic mass is 79.9. The Hall–Kier alpha value is -1.08. The van der Waals surface area contributed by atoms with Crippen molar-refractivity contribution in [1.82, 2.24) is 4.98 Å². The van der Waals surface area contributed by atoms with Gasteiger partial charge in [-0.1, -0.05) is 15.9 Å². The Bertz CT molecular complexity index is 551. The van der Waals surface area contributed by atoms with Gasteiger partial charge >= 0.3 is 6.36 Å². The van der Waals surface area contributed by atoms with Crippen LogP contribution in [0.15, 0.2) is 29.6 Å². The first-order chi connectivity index (χ1) is 8.85. The minimum Gasteiger partial charge on any atom is -0.406 e. The van der Waals surface area contributed by atoms with Gasteiger partial charge in [0.05, 0.1) is 10.5 Å². The monoisotopic (exact) mass is 351 g/mol. The van der Waals surface area contributed by atoms with E-state index in [0.29, 0.717) is 0 Å². The molecule has 0 N–H and O–H groups in total. The number of alkyl halides is 4. The third-order valence-corrected chi connectivity index (χ3v) is 3.64. The van der Waals surface area contributed by atoms with Crippen molar-refractivity contribution in [3.63, 3.8) is 0 Å². The van der Waals surface area contributed by atoms with Crippen molar-refractivity contribution in [2.24, 2.45) is 0 Å². The number of ether oxygens (including phenoxy) is 1. The molecule has 2 rings (SSSR count). The smallest absolute Gasteiger partial charge is 0.406 e. The van der Waals surface area contributed by atoms with E-state index in [0.717, 1.165) is 16.3 Å². The van der Waals surface area contributed by atoms with E-state index in [1.807, 2.05) is 12.3 Å². The summed E-state index contributed by atoms with van der Waals surface area (Å²) in [7, 11) is 0. The molecule has 0 aliphatic heterocycles. The fraction of sp³-hybridized carbons (Fsp3) is 0.250. The van der Waals surface area contributed by atoms with Crippen LogP contribution in [0.3, 0.4) is 0 Å². The first-order valence-electron chi connectivity index (χ1n) is 5.31. The zero-order valence-corrected chi connectivity index (χ0v) is 12.1. The van der Waals surface area contributed by atoms with E-state index in [9.17, 15) is 13.2 Å². The molecule has 1 unspecified atom stereocenters. The molecule has 7 heteroatoms. The first kappa shape index (κ1) is 14.3. The standard InChI is InChI=1S/C12H9BrF3NOS/c1-7(13)10-6-19-11(17-10)8-2-4-9(5-3-8)18-12(14,15)16/h2-7H,1H3. The maximum absolute atomic E-state index is 12.0. The van der Waals surface area contributed by atoms with Crippen LogP contribution < -0.4 is 4.74 Å². The van der Waals surface area contributed by atoms with Gasteiger partial charge in [-0.25, -0.2) is 4.98 Å². The van der Waals surface area contributed by atoms with Crippen LogP contribution in [0.1, 0.15) is 17.4 Å². The number of rotatable bonds is 3. The number of hydrogen-bond donors (Lipinski definition) is 0. The van der Waals surface area contributed by atoms with E-state index < -0.39 is 6.36 Å². The second kappa shape index (κ2) is 5.50. The Morgan fingerprint density at radius 2 is 1.89 bits per heavy atom. The number of benzene rings is 1. The van der Waals surface area contributed by atoms with E-state index in [2.05, 4.69) is 25.7 Å². The van der Waals surface area contributed by atoms with Crippen LogP contribution >= 0.6 is 27.3 Å². The summed E-state index contributed by atoms with van der Waals surface area (Å²) in [6.45, 7) is 1.96. The predicted octanol–water partition coefficient (Wildman–Crippen LogP) is 5.16. The van der Waals surface area contributed by atoms with Crippen LogP contribution in [-0.4, -0.2) is 11.3 Å². The number of nitrogens with zero attached hydrogens (tertiary/aromatic N) is 1. The summed E-state index contributed by atoms with van der Waals surface area (Å²) in [6.07, 6.45) is -4.67. The fourth-order valence-corrected chi connectivity index (χ4v) is 2.73. The minimum absolute atomic E-state index is 0.144. The fourth-order valence-electron chi connectivity index (χ4n) is 1.40. The molecule has 0 saturated carbocycles. The molecular formula is C12H9BrF3NOS. The highest BCUT2D eigenvalue weighted by Gasteiger charge is 2.30. The van der Waals surface area contributed by atoms with Crippen molar-refractivity contribution in [3.8, 4) is 16.3 Å². The maximum atomic E-state index is 12.0. The quantitative estimate of drug-likeness (QED) is 0.712. The lowest BCUT2D eigenvalue weighted by atomic mass is 10.2. The molecule has 0 aliphatic carbocycles. The van der Waals surface area contributed by atoms with Crippen molar-refractivity contribution in [2.75, 3.05) is 0 Å². The van der Waals surface area contributed by atoms with E-state index in [1.165, 1.54) is 23.5 Å². The summed E-state index contributed by atoms with van der Waals surface area (Å²) >= 11 is 4.86. The predicted molar refractivity (Wildman–Crippen MR) is 71.6 cm³/mol. The van der Waals surface area contributed by atoms with Gasteiger partial charge in [-0.2, -0.15) is 0 Å².